The number of aromatic nitrogens is 4. The van der Waals surface area contributed by atoms with Crippen LogP contribution in [-0.2, 0) is 4.79 Å². The van der Waals surface area contributed by atoms with Crippen LogP contribution in [-0.4, -0.2) is 31.4 Å². The lowest BCUT2D eigenvalue weighted by Gasteiger charge is -2.13. The first-order chi connectivity index (χ1) is 12.9. The van der Waals surface area contributed by atoms with Gasteiger partial charge in [0.25, 0.3) is 0 Å². The maximum absolute atomic E-state index is 13.7. The van der Waals surface area contributed by atoms with Gasteiger partial charge in [-0.2, -0.15) is 4.68 Å². The predicted molar refractivity (Wildman–Crippen MR) is 98.9 cm³/mol. The third-order valence-electron chi connectivity index (χ3n) is 4.04. The second-order valence-electron chi connectivity index (χ2n) is 5.99. The number of nitrogens with zero attached hydrogens (tertiary/aromatic N) is 4. The molecule has 1 atom stereocenters. The third kappa shape index (κ3) is 4.13. The summed E-state index contributed by atoms with van der Waals surface area (Å²) in [4.78, 5) is 12.3. The Balaban J connectivity index is 1.77. The summed E-state index contributed by atoms with van der Waals surface area (Å²) in [6.45, 7) is 5.59. The molecule has 0 spiro atoms. The zero-order valence-electron chi connectivity index (χ0n) is 14.9. The van der Waals surface area contributed by atoms with Crippen molar-refractivity contribution in [3.8, 4) is 5.69 Å². The van der Waals surface area contributed by atoms with Gasteiger partial charge >= 0.3 is 0 Å². The molecule has 1 aromatic heterocycles. The van der Waals surface area contributed by atoms with Crippen LogP contribution in [0, 0.1) is 25.5 Å². The standard InChI is InChI=1S/C18H17F2N5OS/c1-10-7-8-13(9-11(10)2)25-18(22-23-24-25)27-12(3)17(26)21-16-14(19)5-4-6-15(16)20/h4-9,12H,1-3H3,(H,21,26)/t12-/m1/s1. The molecule has 0 unspecified atom stereocenters. The minimum absolute atomic E-state index is 0.398. The maximum atomic E-state index is 13.7. The van der Waals surface area contributed by atoms with Crippen molar-refractivity contribution in [3.05, 3.63) is 59.2 Å². The van der Waals surface area contributed by atoms with Crippen LogP contribution in [0.25, 0.3) is 5.69 Å². The molecule has 0 saturated carbocycles. The fourth-order valence-electron chi connectivity index (χ4n) is 2.33. The van der Waals surface area contributed by atoms with Gasteiger partial charge < -0.3 is 5.32 Å². The molecule has 1 heterocycles. The molecule has 6 nitrogen and oxygen atoms in total. The summed E-state index contributed by atoms with van der Waals surface area (Å²) < 4.78 is 28.9. The van der Waals surface area contributed by atoms with E-state index in [0.29, 0.717) is 5.16 Å². The molecular weight excluding hydrogens is 372 g/mol. The van der Waals surface area contributed by atoms with Crippen molar-refractivity contribution in [2.45, 2.75) is 31.2 Å². The molecule has 0 aliphatic heterocycles. The zero-order chi connectivity index (χ0) is 19.6. The van der Waals surface area contributed by atoms with E-state index in [4.69, 9.17) is 0 Å². The lowest BCUT2D eigenvalue weighted by Crippen LogP contribution is -2.24. The number of thioether (sulfide) groups is 1. The van der Waals surface area contributed by atoms with Crippen molar-refractivity contribution >= 4 is 23.4 Å². The Morgan fingerprint density at radius 2 is 1.85 bits per heavy atom. The van der Waals surface area contributed by atoms with Gasteiger partial charge in [0.1, 0.15) is 17.3 Å². The molecule has 9 heteroatoms. The molecule has 0 aliphatic carbocycles. The van der Waals surface area contributed by atoms with E-state index in [1.807, 2.05) is 32.0 Å². The van der Waals surface area contributed by atoms with Crippen molar-refractivity contribution in [2.24, 2.45) is 0 Å². The summed E-state index contributed by atoms with van der Waals surface area (Å²) in [6.07, 6.45) is 0. The Hall–Kier alpha value is -2.81. The molecule has 1 N–H and O–H groups in total. The second kappa shape index (κ2) is 7.83. The number of tetrazole rings is 1. The number of carbonyl (C=O) groups excluding carboxylic acids is 1. The lowest BCUT2D eigenvalue weighted by atomic mass is 10.1. The van der Waals surface area contributed by atoms with E-state index in [-0.39, 0.29) is 0 Å². The smallest absolute Gasteiger partial charge is 0.237 e. The Bertz CT molecular complexity index is 971. The highest BCUT2D eigenvalue weighted by atomic mass is 32.2. The highest BCUT2D eigenvalue weighted by molar-refractivity contribution is 8.00. The third-order valence-corrected chi connectivity index (χ3v) is 5.07. The second-order valence-corrected chi connectivity index (χ2v) is 7.30. The van der Waals surface area contributed by atoms with Crippen LogP contribution in [0.2, 0.25) is 0 Å². The Morgan fingerprint density at radius 1 is 1.15 bits per heavy atom. The molecule has 3 rings (SSSR count). The molecule has 2 aromatic carbocycles. The van der Waals surface area contributed by atoms with E-state index in [1.54, 1.807) is 6.92 Å². The van der Waals surface area contributed by atoms with Gasteiger partial charge in [-0.3, -0.25) is 4.79 Å². The number of rotatable bonds is 5. The largest absolute Gasteiger partial charge is 0.320 e. The Kier molecular flexibility index (Phi) is 5.50. The van der Waals surface area contributed by atoms with Gasteiger partial charge in [0, 0.05) is 0 Å². The van der Waals surface area contributed by atoms with Crippen molar-refractivity contribution in [2.75, 3.05) is 5.32 Å². The molecular formula is C18H17F2N5OS. The van der Waals surface area contributed by atoms with Gasteiger partial charge in [-0.25, -0.2) is 8.78 Å². The van der Waals surface area contributed by atoms with Crippen LogP contribution in [0.5, 0.6) is 0 Å². The van der Waals surface area contributed by atoms with Crippen LogP contribution >= 0.6 is 11.8 Å². The van der Waals surface area contributed by atoms with E-state index in [2.05, 4.69) is 20.8 Å². The molecule has 0 saturated heterocycles. The fourth-order valence-corrected chi connectivity index (χ4v) is 3.13. The molecule has 0 fully saturated rings. The van der Waals surface area contributed by atoms with E-state index in [0.717, 1.165) is 40.7 Å². The number of benzene rings is 2. The monoisotopic (exact) mass is 389 g/mol. The normalized spacial score (nSPS) is 12.0. The molecule has 27 heavy (non-hydrogen) atoms. The zero-order valence-corrected chi connectivity index (χ0v) is 15.7. The first-order valence-electron chi connectivity index (χ1n) is 8.14. The highest BCUT2D eigenvalue weighted by Crippen LogP contribution is 2.26. The van der Waals surface area contributed by atoms with E-state index in [1.165, 1.54) is 10.7 Å². The molecule has 140 valence electrons. The van der Waals surface area contributed by atoms with Crippen LogP contribution in [0.3, 0.4) is 0 Å². The molecule has 0 bridgehead atoms. The van der Waals surface area contributed by atoms with Crippen LogP contribution < -0.4 is 5.32 Å². The number of para-hydroxylation sites is 1. The number of nitrogens with one attached hydrogen (secondary N) is 1. The van der Waals surface area contributed by atoms with Crippen LogP contribution in [0.15, 0.2) is 41.6 Å². The van der Waals surface area contributed by atoms with Gasteiger partial charge in [-0.05, 0) is 66.6 Å². The first-order valence-corrected chi connectivity index (χ1v) is 9.02. The fraction of sp³-hybridized carbons (Fsp3) is 0.222. The average Bonchev–Trinajstić information content (AvgIpc) is 3.08. The number of halogens is 2. The van der Waals surface area contributed by atoms with Gasteiger partial charge in [-0.1, -0.05) is 23.9 Å². The van der Waals surface area contributed by atoms with E-state index in [9.17, 15) is 13.6 Å². The summed E-state index contributed by atoms with van der Waals surface area (Å²) in [5.41, 5.74) is 2.52. The highest BCUT2D eigenvalue weighted by Gasteiger charge is 2.21. The van der Waals surface area contributed by atoms with E-state index < -0.39 is 28.5 Å². The van der Waals surface area contributed by atoms with Gasteiger partial charge in [0.15, 0.2) is 0 Å². The van der Waals surface area contributed by atoms with Crippen LogP contribution in [0.1, 0.15) is 18.1 Å². The van der Waals surface area contributed by atoms with Crippen molar-refractivity contribution in [1.29, 1.82) is 0 Å². The SMILES string of the molecule is Cc1ccc(-n2nnnc2S[C@H](C)C(=O)Nc2c(F)cccc2F)cc1C. The average molecular weight is 389 g/mol. The minimum Gasteiger partial charge on any atom is -0.320 e. The number of hydrogen-bond acceptors (Lipinski definition) is 5. The summed E-state index contributed by atoms with van der Waals surface area (Å²) in [6, 6.07) is 9.17. The Morgan fingerprint density at radius 3 is 2.52 bits per heavy atom. The number of aryl methyl sites for hydroxylation is 2. The molecule has 3 aromatic rings. The van der Waals surface area contributed by atoms with Gasteiger partial charge in [0.2, 0.25) is 11.1 Å². The predicted octanol–water partition coefficient (Wildman–Crippen LogP) is 3.68. The van der Waals surface area contributed by atoms with E-state index >= 15 is 0 Å². The first kappa shape index (κ1) is 19.0. The summed E-state index contributed by atoms with van der Waals surface area (Å²) in [5, 5.41) is 13.6. The molecule has 1 amide bonds. The molecule has 0 aliphatic rings. The number of carbonyl (C=O) groups is 1. The van der Waals surface area contributed by atoms with Crippen molar-refractivity contribution in [3.63, 3.8) is 0 Å². The van der Waals surface area contributed by atoms with Gasteiger partial charge in [-0.15, -0.1) is 5.10 Å². The van der Waals surface area contributed by atoms with Gasteiger partial charge in [0.05, 0.1) is 10.9 Å². The number of amides is 1. The maximum Gasteiger partial charge on any atom is 0.237 e. The minimum atomic E-state index is -0.833. The molecule has 0 radical (unpaired) electrons. The van der Waals surface area contributed by atoms with Crippen LogP contribution in [0.4, 0.5) is 14.5 Å². The van der Waals surface area contributed by atoms with Crippen molar-refractivity contribution < 1.29 is 13.6 Å². The Labute approximate surface area is 159 Å². The topological polar surface area (TPSA) is 72.7 Å². The number of hydrogen-bond donors (Lipinski definition) is 1. The van der Waals surface area contributed by atoms with Crippen molar-refractivity contribution in [1.82, 2.24) is 20.2 Å². The summed E-state index contributed by atoms with van der Waals surface area (Å²) in [5.74, 6) is -2.22. The summed E-state index contributed by atoms with van der Waals surface area (Å²) >= 11 is 1.09. The summed E-state index contributed by atoms with van der Waals surface area (Å²) in [7, 11) is 0. The quantitative estimate of drug-likeness (QED) is 0.674. The lowest BCUT2D eigenvalue weighted by molar-refractivity contribution is -0.115. The number of anilines is 1.